The van der Waals surface area contributed by atoms with Crippen molar-refractivity contribution in [3.8, 4) is 11.3 Å². The number of hydrogen-bond acceptors (Lipinski definition) is 2. The fourth-order valence-electron chi connectivity index (χ4n) is 7.82. The predicted molar refractivity (Wildman–Crippen MR) is 149 cm³/mol. The summed E-state index contributed by atoms with van der Waals surface area (Å²) in [5.41, 5.74) is 7.13. The van der Waals surface area contributed by atoms with Crippen LogP contribution in [0.25, 0.3) is 11.3 Å². The molecule has 3 aromatic rings. The molecule has 35 heavy (non-hydrogen) atoms. The molecule has 4 atom stereocenters. The summed E-state index contributed by atoms with van der Waals surface area (Å²) in [5.74, 6) is 2.30. The molecule has 2 aromatic carbocycles. The van der Waals surface area contributed by atoms with E-state index in [0.717, 1.165) is 30.7 Å². The van der Waals surface area contributed by atoms with Crippen LogP contribution in [0.1, 0.15) is 49.4 Å². The van der Waals surface area contributed by atoms with Crippen molar-refractivity contribution in [1.82, 2.24) is 9.88 Å². The minimum atomic E-state index is -1.62. The summed E-state index contributed by atoms with van der Waals surface area (Å²) in [6.45, 7) is 12.3. The van der Waals surface area contributed by atoms with E-state index < -0.39 is 8.07 Å². The largest absolute Gasteiger partial charge is 0.289 e. The highest BCUT2D eigenvalue weighted by Crippen LogP contribution is 2.59. The molecule has 2 bridgehead atoms. The van der Waals surface area contributed by atoms with Crippen LogP contribution < -0.4 is 5.19 Å². The molecule has 1 saturated carbocycles. The van der Waals surface area contributed by atoms with E-state index >= 15 is 0 Å². The first-order valence-corrected chi connectivity index (χ1v) is 17.3. The summed E-state index contributed by atoms with van der Waals surface area (Å²) in [5, 5.41) is 1.54. The summed E-state index contributed by atoms with van der Waals surface area (Å²) in [6.07, 6.45) is 6.52. The lowest BCUT2D eigenvalue weighted by atomic mass is 9.53. The van der Waals surface area contributed by atoms with E-state index in [1.54, 1.807) is 5.56 Å². The first-order valence-electron chi connectivity index (χ1n) is 13.8. The lowest BCUT2D eigenvalue weighted by Gasteiger charge is -2.62. The molecule has 3 heteroatoms. The Balaban J connectivity index is 1.56. The van der Waals surface area contributed by atoms with E-state index in [1.165, 1.54) is 59.9 Å². The van der Waals surface area contributed by atoms with Crippen LogP contribution in [0.3, 0.4) is 0 Å². The van der Waals surface area contributed by atoms with E-state index in [2.05, 4.69) is 98.2 Å². The van der Waals surface area contributed by atoms with Gasteiger partial charge in [-0.15, -0.1) is 0 Å². The third-order valence-corrected chi connectivity index (χ3v) is 11.1. The van der Waals surface area contributed by atoms with E-state index in [1.807, 2.05) is 0 Å². The van der Waals surface area contributed by atoms with E-state index in [4.69, 9.17) is 4.98 Å². The molecule has 6 rings (SSSR count). The molecule has 0 amide bonds. The second-order valence-electron chi connectivity index (χ2n) is 12.6. The van der Waals surface area contributed by atoms with Gasteiger partial charge >= 0.3 is 0 Å². The van der Waals surface area contributed by atoms with Crippen molar-refractivity contribution in [2.75, 3.05) is 6.54 Å². The van der Waals surface area contributed by atoms with Gasteiger partial charge < -0.3 is 0 Å². The number of piperidine rings is 1. The first kappa shape index (κ1) is 23.2. The van der Waals surface area contributed by atoms with Crippen molar-refractivity contribution >= 4 is 13.3 Å². The van der Waals surface area contributed by atoms with Crippen LogP contribution >= 0.6 is 0 Å². The number of aromatic nitrogens is 1. The number of hydrogen-bond donors (Lipinski definition) is 0. The second-order valence-corrected chi connectivity index (χ2v) is 17.6. The molecular weight excluding hydrogens is 440 g/mol. The molecule has 182 valence electrons. The fourth-order valence-corrected chi connectivity index (χ4v) is 9.31. The SMILES string of the molecule is C[C@@H]1C[C@H]2Cc3nc(-c4ccccc4)c([Si](C)(C)C)cc3[C@@]3(C1)[C@@H]2CCCN3Cc1ccccc1. The Morgan fingerprint density at radius 2 is 1.71 bits per heavy atom. The van der Waals surface area contributed by atoms with Crippen molar-refractivity contribution in [1.29, 1.82) is 0 Å². The Hall–Kier alpha value is -2.23. The normalized spacial score (nSPS) is 28.3. The van der Waals surface area contributed by atoms with Crippen molar-refractivity contribution in [2.24, 2.45) is 17.8 Å². The Kier molecular flexibility index (Phi) is 5.77. The maximum Gasteiger partial charge on any atom is 0.0804 e. The summed E-state index contributed by atoms with van der Waals surface area (Å²) in [4.78, 5) is 8.49. The summed E-state index contributed by atoms with van der Waals surface area (Å²) in [7, 11) is -1.62. The number of benzene rings is 2. The summed E-state index contributed by atoms with van der Waals surface area (Å²) < 4.78 is 0. The minimum absolute atomic E-state index is 0.140. The maximum atomic E-state index is 5.59. The van der Waals surface area contributed by atoms with Crippen molar-refractivity contribution in [3.05, 3.63) is 83.6 Å². The third-order valence-electron chi connectivity index (χ3n) is 9.15. The molecule has 0 N–H and O–H groups in total. The number of fused-ring (bicyclic) bond motifs is 1. The zero-order chi connectivity index (χ0) is 24.2. The Morgan fingerprint density at radius 1 is 1.00 bits per heavy atom. The molecule has 0 radical (unpaired) electrons. The van der Waals surface area contributed by atoms with Gasteiger partial charge in [-0.2, -0.15) is 0 Å². The molecule has 0 spiro atoms. The fraction of sp³-hybridized carbons (Fsp3) is 0.469. The van der Waals surface area contributed by atoms with Gasteiger partial charge in [0.2, 0.25) is 0 Å². The van der Waals surface area contributed by atoms with Crippen LogP contribution in [0.5, 0.6) is 0 Å². The van der Waals surface area contributed by atoms with Crippen molar-refractivity contribution in [3.63, 3.8) is 0 Å². The van der Waals surface area contributed by atoms with Crippen LogP contribution in [-0.2, 0) is 18.5 Å². The molecule has 3 aliphatic rings. The van der Waals surface area contributed by atoms with Gasteiger partial charge in [-0.1, -0.05) is 93.3 Å². The lowest BCUT2D eigenvalue weighted by Crippen LogP contribution is -2.62. The number of pyridine rings is 1. The quantitative estimate of drug-likeness (QED) is 0.374. The van der Waals surface area contributed by atoms with Crippen molar-refractivity contribution in [2.45, 2.75) is 70.8 Å². The smallest absolute Gasteiger partial charge is 0.0804 e. The monoisotopic (exact) mass is 480 g/mol. The minimum Gasteiger partial charge on any atom is -0.289 e. The highest BCUT2D eigenvalue weighted by molar-refractivity contribution is 6.89. The highest BCUT2D eigenvalue weighted by atomic mass is 28.3. The first-order chi connectivity index (χ1) is 16.9. The van der Waals surface area contributed by atoms with Crippen LogP contribution in [0.15, 0.2) is 66.7 Å². The van der Waals surface area contributed by atoms with E-state index in [9.17, 15) is 0 Å². The zero-order valence-electron chi connectivity index (χ0n) is 21.9. The molecule has 1 aliphatic heterocycles. The second kappa shape index (κ2) is 8.71. The molecule has 2 aliphatic carbocycles. The van der Waals surface area contributed by atoms with Crippen molar-refractivity contribution < 1.29 is 0 Å². The van der Waals surface area contributed by atoms with E-state index in [-0.39, 0.29) is 5.54 Å². The van der Waals surface area contributed by atoms with Gasteiger partial charge in [0.05, 0.1) is 19.3 Å². The van der Waals surface area contributed by atoms with Crippen LogP contribution in [0, 0.1) is 17.8 Å². The van der Waals surface area contributed by atoms with Gasteiger partial charge in [0.1, 0.15) is 0 Å². The Labute approximate surface area is 212 Å². The average Bonchev–Trinajstić information content (AvgIpc) is 2.84. The average molecular weight is 481 g/mol. The Bertz CT molecular complexity index is 1200. The van der Waals surface area contributed by atoms with Gasteiger partial charge in [-0.05, 0) is 78.3 Å². The topological polar surface area (TPSA) is 16.1 Å². The maximum absolute atomic E-state index is 5.59. The number of nitrogens with zero attached hydrogens (tertiary/aromatic N) is 2. The highest BCUT2D eigenvalue weighted by Gasteiger charge is 2.57. The van der Waals surface area contributed by atoms with Crippen LogP contribution in [0.2, 0.25) is 19.6 Å². The Morgan fingerprint density at radius 3 is 2.43 bits per heavy atom. The molecule has 2 fully saturated rings. The van der Waals surface area contributed by atoms with Gasteiger partial charge in [0.15, 0.2) is 0 Å². The standard InChI is InChI=1S/C32H40N2Si/c1-23-18-26-19-29-28(20-30(35(2,3)4)31(33-29)25-14-9-6-10-15-25)32(21-23)27(26)16-11-17-34(32)22-24-12-7-5-8-13-24/h5-10,12-15,20,23,26-27H,11,16-19,21-22H2,1-4H3/t23-,26+,27-,32-/m1/s1. The third kappa shape index (κ3) is 3.92. The number of rotatable bonds is 4. The molecular formula is C32H40N2Si. The predicted octanol–water partition coefficient (Wildman–Crippen LogP) is 7.00. The zero-order valence-corrected chi connectivity index (χ0v) is 22.9. The van der Waals surface area contributed by atoms with Gasteiger partial charge in [-0.25, -0.2) is 0 Å². The van der Waals surface area contributed by atoms with E-state index in [0.29, 0.717) is 0 Å². The van der Waals surface area contributed by atoms with Gasteiger partial charge in [-0.3, -0.25) is 9.88 Å². The molecule has 2 heterocycles. The molecule has 0 unspecified atom stereocenters. The van der Waals surface area contributed by atoms with Gasteiger partial charge in [0, 0.05) is 12.2 Å². The van der Waals surface area contributed by atoms with Gasteiger partial charge in [0.25, 0.3) is 0 Å². The van der Waals surface area contributed by atoms with Crippen LogP contribution in [-0.4, -0.2) is 24.5 Å². The summed E-state index contributed by atoms with van der Waals surface area (Å²) >= 11 is 0. The summed E-state index contributed by atoms with van der Waals surface area (Å²) in [6, 6.07) is 24.8. The molecule has 1 aromatic heterocycles. The van der Waals surface area contributed by atoms with Crippen LogP contribution in [0.4, 0.5) is 0 Å². The lowest BCUT2D eigenvalue weighted by molar-refractivity contribution is -0.0967. The molecule has 2 nitrogen and oxygen atoms in total. The number of likely N-dealkylation sites (tertiary alicyclic amines) is 1. The molecule has 1 saturated heterocycles.